The van der Waals surface area contributed by atoms with Crippen molar-refractivity contribution in [1.29, 1.82) is 0 Å². The van der Waals surface area contributed by atoms with E-state index < -0.39 is 7.14 Å². The smallest absolute Gasteiger partial charge is 0.147 e. The Morgan fingerprint density at radius 2 is 1.04 bits per heavy atom. The monoisotopic (exact) mass is 914 g/mol. The number of hydrogen-bond donors (Lipinski definition) is 0. The largest absolute Gasteiger partial charge is 0.501 e. The molecule has 0 N–H and O–H groups in total. The summed E-state index contributed by atoms with van der Waals surface area (Å²) in [7, 11) is -3.15. The fraction of sp³-hybridized carbons (Fsp3) is 0. The first-order chi connectivity index (χ1) is 27.1. The van der Waals surface area contributed by atoms with Crippen LogP contribution >= 0.6 is 7.14 Å². The Hall–Kier alpha value is -6.15. The molecule has 0 spiro atoms. The number of nitrogens with zero attached hydrogens (tertiary/aromatic N) is 1. The molecule has 0 fully saturated rings. The number of para-hydroxylation sites is 2. The molecule has 0 unspecified atom stereocenters. The number of pyridine rings is 1. The van der Waals surface area contributed by atoms with Crippen LogP contribution in [0.25, 0.3) is 76.4 Å². The van der Waals surface area contributed by atoms with Crippen molar-refractivity contribution in [2.75, 3.05) is 0 Å². The molecule has 0 aliphatic heterocycles. The van der Waals surface area contributed by atoms with E-state index in [-0.39, 0.29) is 20.1 Å². The Kier molecular flexibility index (Phi) is 9.41. The maximum absolute atomic E-state index is 15.1. The third-order valence-corrected chi connectivity index (χ3v) is 13.3. The van der Waals surface area contributed by atoms with Gasteiger partial charge in [0.1, 0.15) is 12.7 Å². The summed E-state index contributed by atoms with van der Waals surface area (Å²) < 4.78 is 21.2. The molecule has 0 aliphatic carbocycles. The number of benzene rings is 9. The predicted octanol–water partition coefficient (Wildman–Crippen LogP) is 12.2. The summed E-state index contributed by atoms with van der Waals surface area (Å²) >= 11 is 0. The second-order valence-corrected chi connectivity index (χ2v) is 16.4. The third-order valence-electron chi connectivity index (χ3n) is 10.4. The Balaban J connectivity index is 0.000000151. The maximum Gasteiger partial charge on any atom is 0.147 e. The van der Waals surface area contributed by atoms with Crippen LogP contribution in [0.15, 0.2) is 199 Å². The molecule has 0 saturated carbocycles. The quantitative estimate of drug-likeness (QED) is 0.130. The van der Waals surface area contributed by atoms with Gasteiger partial charge in [0, 0.05) is 36.1 Å². The second kappa shape index (κ2) is 14.8. The average Bonchev–Trinajstić information content (AvgIpc) is 3.65. The van der Waals surface area contributed by atoms with Crippen LogP contribution in [0, 0.1) is 12.1 Å². The van der Waals surface area contributed by atoms with E-state index in [0.717, 1.165) is 92.3 Å². The maximum atomic E-state index is 15.1. The summed E-state index contributed by atoms with van der Waals surface area (Å²) in [4.78, 5) is 4.77. The van der Waals surface area contributed by atoms with Gasteiger partial charge in [0.2, 0.25) is 0 Å². The minimum Gasteiger partial charge on any atom is -0.501 e. The molecule has 2 heterocycles. The van der Waals surface area contributed by atoms with Crippen LogP contribution in [-0.4, -0.2) is 4.98 Å². The molecule has 3 nitrogen and oxygen atoms in total. The Morgan fingerprint density at radius 1 is 0.482 bits per heavy atom. The summed E-state index contributed by atoms with van der Waals surface area (Å²) in [6.45, 7) is 0. The summed E-state index contributed by atoms with van der Waals surface area (Å²) in [6.07, 6.45) is 0. The summed E-state index contributed by atoms with van der Waals surface area (Å²) in [6, 6.07) is 71.9. The second-order valence-electron chi connectivity index (χ2n) is 13.7. The molecule has 0 aliphatic rings. The Bertz CT molecular complexity index is 3080. The molecular formula is C51H32IrNO2P-2. The van der Waals surface area contributed by atoms with Crippen LogP contribution in [0.1, 0.15) is 0 Å². The van der Waals surface area contributed by atoms with Gasteiger partial charge in [-0.05, 0) is 56.9 Å². The zero-order chi connectivity index (χ0) is 36.8. The standard InChI is InChI=1S/C30H20OP.C21H12NO.Ir/c31-32(28-16-13-22-7-1-4-10-25(22)19-28,29-17-14-23-8-2-5-11-26(23)20-29)30-18-15-24-9-3-6-12-27(24)21-30;1-3-10-18-14(6-1)12-13-19(22-18)17-9-5-8-16-15-7-2-4-11-20(15)23-21(16)17;/h1-17,19-21H;1-8,10-13H;/q2*-1;. The number of furan rings is 1. The van der Waals surface area contributed by atoms with E-state index in [9.17, 15) is 0 Å². The SMILES string of the molecule is O=P(c1[c-]cc2ccccc2c1)(c1ccc2ccccc2c1)c1ccc2ccccc2c1.[Ir].[c-]1ccc2c(oc3ccccc32)c1-c1ccc2ccccc2n1. The van der Waals surface area contributed by atoms with Crippen LogP contribution < -0.4 is 15.9 Å². The van der Waals surface area contributed by atoms with E-state index in [4.69, 9.17) is 9.40 Å². The predicted molar refractivity (Wildman–Crippen MR) is 230 cm³/mol. The van der Waals surface area contributed by atoms with Crippen LogP contribution in [0.4, 0.5) is 0 Å². The fourth-order valence-electron chi connectivity index (χ4n) is 7.55. The molecule has 5 heteroatoms. The Morgan fingerprint density at radius 3 is 1.73 bits per heavy atom. The molecule has 0 atom stereocenters. The van der Waals surface area contributed by atoms with Crippen molar-refractivity contribution in [2.24, 2.45) is 0 Å². The van der Waals surface area contributed by atoms with Crippen molar-refractivity contribution >= 4 is 88.2 Å². The Labute approximate surface area is 338 Å². The minimum absolute atomic E-state index is 0. The first-order valence-electron chi connectivity index (χ1n) is 18.3. The number of rotatable bonds is 4. The van der Waals surface area contributed by atoms with Crippen molar-refractivity contribution in [3.05, 3.63) is 206 Å². The molecule has 269 valence electrons. The van der Waals surface area contributed by atoms with Crippen LogP contribution in [0.3, 0.4) is 0 Å². The molecule has 0 saturated heterocycles. The van der Waals surface area contributed by atoms with Gasteiger partial charge in [-0.2, -0.15) is 18.2 Å². The van der Waals surface area contributed by atoms with Gasteiger partial charge in [-0.1, -0.05) is 156 Å². The topological polar surface area (TPSA) is 43.1 Å². The molecule has 11 rings (SSSR count). The van der Waals surface area contributed by atoms with Gasteiger partial charge in [0.05, 0.1) is 11.1 Å². The zero-order valence-electron chi connectivity index (χ0n) is 30.0. The van der Waals surface area contributed by atoms with E-state index >= 15 is 4.57 Å². The van der Waals surface area contributed by atoms with E-state index in [1.807, 2.05) is 115 Å². The molecule has 9 aromatic carbocycles. The van der Waals surface area contributed by atoms with Gasteiger partial charge in [-0.25, -0.2) is 0 Å². The normalized spacial score (nSPS) is 11.5. The third kappa shape index (κ3) is 6.33. The number of fused-ring (bicyclic) bond motifs is 7. The van der Waals surface area contributed by atoms with E-state index in [0.29, 0.717) is 0 Å². The molecule has 56 heavy (non-hydrogen) atoms. The molecule has 11 aromatic rings. The van der Waals surface area contributed by atoms with Crippen LogP contribution in [0.2, 0.25) is 0 Å². The van der Waals surface area contributed by atoms with Crippen molar-refractivity contribution in [3.63, 3.8) is 0 Å². The van der Waals surface area contributed by atoms with Crippen molar-refractivity contribution in [3.8, 4) is 11.3 Å². The van der Waals surface area contributed by atoms with Gasteiger partial charge in [0.25, 0.3) is 0 Å². The number of hydrogen-bond acceptors (Lipinski definition) is 3. The first-order valence-corrected chi connectivity index (χ1v) is 20.0. The van der Waals surface area contributed by atoms with Gasteiger partial charge >= 0.3 is 0 Å². The molecular weight excluding hydrogens is 882 g/mol. The van der Waals surface area contributed by atoms with Crippen molar-refractivity contribution in [2.45, 2.75) is 0 Å². The van der Waals surface area contributed by atoms with Gasteiger partial charge in [-0.15, -0.1) is 35.0 Å². The summed E-state index contributed by atoms with van der Waals surface area (Å²) in [5.74, 6) is 0. The average molecular weight is 914 g/mol. The van der Waals surface area contributed by atoms with E-state index in [1.165, 1.54) is 0 Å². The van der Waals surface area contributed by atoms with Crippen molar-refractivity contribution < 1.29 is 29.1 Å². The summed E-state index contributed by atoms with van der Waals surface area (Å²) in [5, 5.41) is 12.4. The van der Waals surface area contributed by atoms with Crippen LogP contribution in [-0.2, 0) is 24.7 Å². The van der Waals surface area contributed by atoms with Gasteiger partial charge < -0.3 is 8.98 Å². The van der Waals surface area contributed by atoms with Gasteiger partial charge in [-0.3, -0.25) is 4.98 Å². The summed E-state index contributed by atoms with van der Waals surface area (Å²) in [5.41, 5.74) is 4.50. The molecule has 0 amide bonds. The van der Waals surface area contributed by atoms with Crippen molar-refractivity contribution in [1.82, 2.24) is 4.98 Å². The fourth-order valence-corrected chi connectivity index (χ4v) is 10.2. The minimum atomic E-state index is -3.15. The van der Waals surface area contributed by atoms with Crippen LogP contribution in [0.5, 0.6) is 0 Å². The van der Waals surface area contributed by atoms with Gasteiger partial charge in [0.15, 0.2) is 0 Å². The zero-order valence-corrected chi connectivity index (χ0v) is 33.3. The van der Waals surface area contributed by atoms with E-state index in [1.54, 1.807) is 0 Å². The van der Waals surface area contributed by atoms with E-state index in [2.05, 4.69) is 91.0 Å². The molecule has 1 radical (unpaired) electrons. The number of aromatic nitrogens is 1. The molecule has 0 bridgehead atoms. The molecule has 2 aromatic heterocycles. The first kappa shape index (κ1) is 35.5.